The first-order chi connectivity index (χ1) is 19.0. The number of carbonyl (C=O) groups excluding carboxylic acids is 1. The zero-order valence-electron chi connectivity index (χ0n) is 21.8. The van der Waals surface area contributed by atoms with Crippen LogP contribution in [-0.4, -0.2) is 69.1 Å². The number of phenols is 1. The molecule has 9 heteroatoms. The minimum atomic E-state index is -0.0129. The van der Waals surface area contributed by atoms with Crippen molar-refractivity contribution in [2.24, 2.45) is 0 Å². The average Bonchev–Trinajstić information content (AvgIpc) is 3.41. The molecule has 0 bridgehead atoms. The summed E-state index contributed by atoms with van der Waals surface area (Å²) in [6, 6.07) is 16.6. The zero-order chi connectivity index (χ0) is 26.9. The predicted molar refractivity (Wildman–Crippen MR) is 150 cm³/mol. The highest BCUT2D eigenvalue weighted by Crippen LogP contribution is 2.36. The molecule has 2 aromatic carbocycles. The summed E-state index contributed by atoms with van der Waals surface area (Å²) >= 11 is 0. The summed E-state index contributed by atoms with van der Waals surface area (Å²) in [6.07, 6.45) is 5.34. The lowest BCUT2D eigenvalue weighted by Crippen LogP contribution is -2.49. The van der Waals surface area contributed by atoms with Crippen LogP contribution in [0.15, 0.2) is 73.2 Å². The summed E-state index contributed by atoms with van der Waals surface area (Å²) in [5, 5.41) is 10.6. The van der Waals surface area contributed by atoms with Gasteiger partial charge in [0.25, 0.3) is 5.91 Å². The molecule has 1 aliphatic heterocycles. The van der Waals surface area contributed by atoms with Gasteiger partial charge >= 0.3 is 0 Å². The summed E-state index contributed by atoms with van der Waals surface area (Å²) < 4.78 is 5.40. The van der Waals surface area contributed by atoms with Gasteiger partial charge in [-0.25, -0.2) is 9.97 Å². The van der Waals surface area contributed by atoms with E-state index in [4.69, 9.17) is 9.72 Å². The number of hydrogen-bond donors (Lipinski definition) is 2. The number of ether oxygens (including phenoxy) is 1. The van der Waals surface area contributed by atoms with Gasteiger partial charge in [-0.3, -0.25) is 9.78 Å². The van der Waals surface area contributed by atoms with E-state index in [0.29, 0.717) is 41.4 Å². The van der Waals surface area contributed by atoms with Crippen LogP contribution in [0.4, 0.5) is 5.69 Å². The second-order valence-corrected chi connectivity index (χ2v) is 9.55. The summed E-state index contributed by atoms with van der Waals surface area (Å²) in [5.41, 5.74) is 6.52. The number of nitrogens with zero attached hydrogens (tertiary/aromatic N) is 5. The number of aromatic nitrogens is 4. The van der Waals surface area contributed by atoms with Crippen LogP contribution in [0.1, 0.15) is 15.9 Å². The van der Waals surface area contributed by atoms with Crippen LogP contribution in [-0.2, 0) is 0 Å². The fraction of sp³-hybridized carbons (Fsp3) is 0.200. The Morgan fingerprint density at radius 2 is 1.85 bits per heavy atom. The van der Waals surface area contributed by atoms with Gasteiger partial charge in [-0.1, -0.05) is 6.07 Å². The number of imidazole rings is 1. The number of phenolic OH excluding ortho intramolecular Hbond substituents is 1. The van der Waals surface area contributed by atoms with Crippen LogP contribution >= 0.6 is 0 Å². The predicted octanol–water partition coefficient (Wildman–Crippen LogP) is 4.67. The van der Waals surface area contributed by atoms with Crippen LogP contribution in [0.2, 0.25) is 0 Å². The second-order valence-electron chi connectivity index (χ2n) is 9.55. The topological polar surface area (TPSA) is 107 Å². The maximum absolute atomic E-state index is 13.3. The number of hydrogen-bond acceptors (Lipinski definition) is 7. The molecule has 6 rings (SSSR count). The molecule has 0 saturated carbocycles. The number of benzene rings is 2. The smallest absolute Gasteiger partial charge is 0.254 e. The first kappa shape index (κ1) is 24.4. The Morgan fingerprint density at radius 1 is 1.00 bits per heavy atom. The summed E-state index contributed by atoms with van der Waals surface area (Å²) in [5.74, 6) is 1.09. The first-order valence-electron chi connectivity index (χ1n) is 12.8. The fourth-order valence-electron chi connectivity index (χ4n) is 5.09. The summed E-state index contributed by atoms with van der Waals surface area (Å²) in [6.45, 7) is 4.87. The Balaban J connectivity index is 1.24. The van der Waals surface area contributed by atoms with Crippen molar-refractivity contribution in [1.82, 2.24) is 24.8 Å². The van der Waals surface area contributed by atoms with Crippen molar-refractivity contribution < 1.29 is 14.6 Å². The van der Waals surface area contributed by atoms with Crippen LogP contribution < -0.4 is 9.64 Å². The molecule has 0 aliphatic carbocycles. The molecule has 1 saturated heterocycles. The second kappa shape index (κ2) is 10.1. The third-order valence-electron chi connectivity index (χ3n) is 7.16. The molecule has 0 atom stereocenters. The van der Waals surface area contributed by atoms with Gasteiger partial charge in [0, 0.05) is 61.6 Å². The summed E-state index contributed by atoms with van der Waals surface area (Å²) in [7, 11) is 1.58. The van der Waals surface area contributed by atoms with Gasteiger partial charge in [-0.05, 0) is 66.6 Å². The van der Waals surface area contributed by atoms with Gasteiger partial charge in [0.15, 0.2) is 0 Å². The lowest BCUT2D eigenvalue weighted by molar-refractivity contribution is 0.0747. The van der Waals surface area contributed by atoms with E-state index in [-0.39, 0.29) is 11.7 Å². The van der Waals surface area contributed by atoms with Gasteiger partial charge in [0.05, 0.1) is 23.7 Å². The minimum absolute atomic E-state index is 0.0129. The van der Waals surface area contributed by atoms with Crippen molar-refractivity contribution in [3.63, 3.8) is 0 Å². The van der Waals surface area contributed by atoms with E-state index < -0.39 is 0 Å². The molecule has 4 heterocycles. The number of methoxy groups -OCH3 is 1. The van der Waals surface area contributed by atoms with Crippen LogP contribution in [0, 0.1) is 6.92 Å². The fourth-order valence-corrected chi connectivity index (χ4v) is 5.09. The number of carbonyl (C=O) groups is 1. The quantitative estimate of drug-likeness (QED) is 0.347. The molecule has 196 valence electrons. The number of aromatic hydroxyl groups is 1. The number of amides is 1. The standard InChI is InChI=1S/C30H28N6O3/c1-19-18-31-11-9-26(19)35-12-14-36(15-13-35)30(38)21-5-7-24-25(17-21)34-28(33-24)23-16-20(6-8-27(23)37)22-4-3-10-32-29(22)39-2/h3-11,16-18,37H,12-15H2,1-2H3,(H,33,34). The van der Waals surface area contributed by atoms with Gasteiger partial charge in [0.1, 0.15) is 11.6 Å². The van der Waals surface area contributed by atoms with Gasteiger partial charge in [-0.2, -0.15) is 0 Å². The average molecular weight is 521 g/mol. The van der Waals surface area contributed by atoms with Crippen molar-refractivity contribution in [3.05, 3.63) is 84.3 Å². The van der Waals surface area contributed by atoms with Crippen molar-refractivity contribution in [2.45, 2.75) is 6.92 Å². The molecule has 5 aromatic rings. The van der Waals surface area contributed by atoms with Gasteiger partial charge < -0.3 is 24.6 Å². The lowest BCUT2D eigenvalue weighted by Gasteiger charge is -2.36. The van der Waals surface area contributed by atoms with Crippen molar-refractivity contribution in [3.8, 4) is 34.1 Å². The van der Waals surface area contributed by atoms with E-state index in [9.17, 15) is 9.90 Å². The first-order valence-corrected chi connectivity index (χ1v) is 12.8. The molecular weight excluding hydrogens is 492 g/mol. The molecule has 0 unspecified atom stereocenters. The van der Waals surface area contributed by atoms with Crippen LogP contribution in [0.5, 0.6) is 11.6 Å². The molecule has 1 fully saturated rings. The largest absolute Gasteiger partial charge is 0.507 e. The Morgan fingerprint density at radius 3 is 2.64 bits per heavy atom. The van der Waals surface area contributed by atoms with Gasteiger partial charge in [0.2, 0.25) is 5.88 Å². The molecule has 9 nitrogen and oxygen atoms in total. The van der Waals surface area contributed by atoms with E-state index in [2.05, 4.69) is 26.8 Å². The highest BCUT2D eigenvalue weighted by Gasteiger charge is 2.24. The minimum Gasteiger partial charge on any atom is -0.507 e. The molecule has 39 heavy (non-hydrogen) atoms. The third kappa shape index (κ3) is 4.63. The van der Waals surface area contributed by atoms with E-state index >= 15 is 0 Å². The van der Waals surface area contributed by atoms with E-state index in [1.54, 1.807) is 25.6 Å². The van der Waals surface area contributed by atoms with Crippen molar-refractivity contribution in [1.29, 1.82) is 0 Å². The number of nitrogens with one attached hydrogen (secondary N) is 1. The number of H-pyrrole nitrogens is 1. The van der Waals surface area contributed by atoms with E-state index in [0.717, 1.165) is 41.0 Å². The maximum atomic E-state index is 13.3. The SMILES string of the molecule is COc1ncccc1-c1ccc(O)c(-c2nc3cc(C(=O)N4CCN(c5ccncc5C)CC4)ccc3[nH]2)c1. The lowest BCUT2D eigenvalue weighted by atomic mass is 10.0. The Kier molecular flexibility index (Phi) is 6.32. The highest BCUT2D eigenvalue weighted by atomic mass is 16.5. The van der Waals surface area contributed by atoms with Crippen molar-refractivity contribution >= 4 is 22.6 Å². The highest BCUT2D eigenvalue weighted by molar-refractivity contribution is 5.98. The van der Waals surface area contributed by atoms with Crippen LogP contribution in [0.3, 0.4) is 0 Å². The maximum Gasteiger partial charge on any atom is 0.254 e. The number of piperazine rings is 1. The third-order valence-corrected chi connectivity index (χ3v) is 7.16. The van der Waals surface area contributed by atoms with Gasteiger partial charge in [-0.15, -0.1) is 0 Å². The number of pyridine rings is 2. The number of aryl methyl sites for hydroxylation is 1. The van der Waals surface area contributed by atoms with E-state index in [1.807, 2.05) is 59.6 Å². The molecular formula is C30H28N6O3. The zero-order valence-corrected chi connectivity index (χ0v) is 21.8. The number of aromatic amines is 1. The van der Waals surface area contributed by atoms with Crippen LogP contribution in [0.25, 0.3) is 33.5 Å². The Labute approximate surface area is 225 Å². The number of fused-ring (bicyclic) bond motifs is 1. The molecule has 2 N–H and O–H groups in total. The summed E-state index contributed by atoms with van der Waals surface area (Å²) in [4.78, 5) is 34.0. The molecule has 1 aliphatic rings. The number of rotatable bonds is 5. The normalized spacial score (nSPS) is 13.6. The monoisotopic (exact) mass is 520 g/mol. The Hall–Kier alpha value is -4.92. The number of anilines is 1. The van der Waals surface area contributed by atoms with Crippen molar-refractivity contribution in [2.75, 3.05) is 38.2 Å². The Bertz CT molecular complexity index is 1670. The molecule has 0 spiro atoms. The molecule has 0 radical (unpaired) electrons. The molecule has 3 aromatic heterocycles. The molecule has 1 amide bonds. The van der Waals surface area contributed by atoms with E-state index in [1.165, 1.54) is 0 Å².